The Morgan fingerprint density at radius 2 is 2.11 bits per heavy atom. The molecule has 4 nitrogen and oxygen atoms in total. The number of halogens is 1. The molecule has 0 rings (SSSR count). The van der Waals surface area contributed by atoms with Gasteiger partial charge in [0.05, 0.1) is 0 Å². The molecule has 0 amide bonds. The van der Waals surface area contributed by atoms with E-state index in [1.54, 1.807) is 22.9 Å². The molecule has 0 fully saturated rings. The van der Waals surface area contributed by atoms with E-state index >= 15 is 0 Å². The van der Waals surface area contributed by atoms with Gasteiger partial charge in [-0.05, 0) is 5.22 Å². The van der Waals surface area contributed by atoms with Gasteiger partial charge in [0.2, 0.25) is 0 Å². The van der Waals surface area contributed by atoms with E-state index in [4.69, 9.17) is 5.73 Å². The van der Waals surface area contributed by atoms with Crippen LogP contribution in [0.5, 0.6) is 0 Å². The lowest BCUT2D eigenvalue weighted by Crippen LogP contribution is -2.17. The first-order valence-corrected chi connectivity index (χ1v) is 3.49. The highest BCUT2D eigenvalue weighted by Crippen LogP contribution is 1.93. The fourth-order valence-corrected chi connectivity index (χ4v) is 0.280. The fraction of sp³-hybridized carbons (Fsp3) is 0.750. The second kappa shape index (κ2) is 4.66. The zero-order valence-electron chi connectivity index (χ0n) is 5.37. The summed E-state index contributed by atoms with van der Waals surface area (Å²) in [6, 6.07) is 0. The molecule has 0 saturated carbocycles. The van der Waals surface area contributed by atoms with Crippen LogP contribution in [0.1, 0.15) is 13.8 Å². The van der Waals surface area contributed by atoms with Crippen LogP contribution in [0, 0.1) is 5.92 Å². The van der Waals surface area contributed by atoms with E-state index < -0.39 is 0 Å². The molecule has 0 heterocycles. The van der Waals surface area contributed by atoms with Crippen LogP contribution in [0.25, 0.3) is 0 Å². The van der Waals surface area contributed by atoms with Crippen LogP contribution in [0.2, 0.25) is 0 Å². The molecule has 0 radical (unpaired) electrons. The Kier molecular flexibility index (Phi) is 4.55. The number of nitrogens with two attached hydrogens (primary N) is 1. The van der Waals surface area contributed by atoms with Crippen LogP contribution >= 0.6 is 22.9 Å². The monoisotopic (exact) mass is 240 g/mol. The Balaban J connectivity index is 3.84. The van der Waals surface area contributed by atoms with Crippen molar-refractivity contribution >= 4 is 28.7 Å². The minimum absolute atomic E-state index is 0.242. The third-order valence-corrected chi connectivity index (χ3v) is 0.979. The summed E-state index contributed by atoms with van der Waals surface area (Å²) in [5.74, 6) is 0.752. The molecule has 2 N–H and O–H groups in total. The van der Waals surface area contributed by atoms with Gasteiger partial charge in [-0.2, -0.15) is 0 Å². The van der Waals surface area contributed by atoms with Gasteiger partial charge in [0.25, 0.3) is 0 Å². The molecular formula is C4H9IN4. The zero-order valence-corrected chi connectivity index (χ0v) is 7.53. The predicted octanol–water partition coefficient (Wildman–Crippen LogP) is 1.72. The first kappa shape index (κ1) is 8.80. The lowest BCUT2D eigenvalue weighted by atomic mass is 10.2. The number of hydrogen-bond acceptors (Lipinski definition) is 2. The molecule has 0 aliphatic heterocycles. The maximum Gasteiger partial charge on any atom is 0.126 e. The fourth-order valence-electron chi connectivity index (χ4n) is 0.184. The van der Waals surface area contributed by atoms with Crippen LogP contribution in [0.15, 0.2) is 13.7 Å². The summed E-state index contributed by atoms with van der Waals surface area (Å²) in [5, 5.41) is 6.96. The van der Waals surface area contributed by atoms with Crippen molar-refractivity contribution in [3.05, 3.63) is 0 Å². The van der Waals surface area contributed by atoms with Crippen molar-refractivity contribution in [1.29, 1.82) is 0 Å². The molecule has 0 aliphatic rings. The SMILES string of the molecule is CC(C)/C(N)=N/N=NI. The molecular weight excluding hydrogens is 231 g/mol. The van der Waals surface area contributed by atoms with E-state index in [-0.39, 0.29) is 5.92 Å². The van der Waals surface area contributed by atoms with Crippen LogP contribution < -0.4 is 5.73 Å². The van der Waals surface area contributed by atoms with Gasteiger partial charge in [0.1, 0.15) is 28.7 Å². The second-order valence-corrected chi connectivity index (χ2v) is 2.28. The minimum Gasteiger partial charge on any atom is -0.385 e. The highest BCUT2D eigenvalue weighted by atomic mass is 127. The zero-order chi connectivity index (χ0) is 7.28. The van der Waals surface area contributed by atoms with E-state index in [2.05, 4.69) is 13.7 Å². The first-order valence-electron chi connectivity index (χ1n) is 2.52. The summed E-state index contributed by atoms with van der Waals surface area (Å²) in [6.45, 7) is 3.89. The largest absolute Gasteiger partial charge is 0.385 e. The summed E-state index contributed by atoms with van der Waals surface area (Å²) in [7, 11) is 0. The van der Waals surface area contributed by atoms with Gasteiger partial charge in [0, 0.05) is 5.92 Å². The molecule has 0 aliphatic carbocycles. The number of amidine groups is 1. The average molecular weight is 240 g/mol. The predicted molar refractivity (Wildman–Crippen MR) is 45.3 cm³/mol. The Morgan fingerprint density at radius 3 is 2.44 bits per heavy atom. The molecule has 0 unspecified atom stereocenters. The molecule has 0 aromatic rings. The van der Waals surface area contributed by atoms with Crippen LogP contribution in [0.3, 0.4) is 0 Å². The molecule has 0 spiro atoms. The Morgan fingerprint density at radius 1 is 1.56 bits per heavy atom. The molecule has 9 heavy (non-hydrogen) atoms. The smallest absolute Gasteiger partial charge is 0.126 e. The number of rotatable bonds is 2. The van der Waals surface area contributed by atoms with Gasteiger partial charge >= 0.3 is 0 Å². The quantitative estimate of drug-likeness (QED) is 0.258. The van der Waals surface area contributed by atoms with Gasteiger partial charge in [-0.15, -0.1) is 5.10 Å². The Hall–Kier alpha value is -0.200. The summed E-state index contributed by atoms with van der Waals surface area (Å²) in [4.78, 5) is 0. The van der Waals surface area contributed by atoms with Crippen LogP contribution in [-0.2, 0) is 0 Å². The summed E-state index contributed by atoms with van der Waals surface area (Å²) in [5.41, 5.74) is 5.40. The Bertz CT molecular complexity index is 129. The third kappa shape index (κ3) is 4.31. The van der Waals surface area contributed by atoms with Gasteiger partial charge in [-0.25, -0.2) is 0 Å². The first-order chi connectivity index (χ1) is 4.18. The lowest BCUT2D eigenvalue weighted by Gasteiger charge is -1.97. The second-order valence-electron chi connectivity index (χ2n) is 1.84. The van der Waals surface area contributed by atoms with Crippen molar-refractivity contribution in [2.75, 3.05) is 0 Å². The lowest BCUT2D eigenvalue weighted by molar-refractivity contribution is 0.859. The van der Waals surface area contributed by atoms with Crippen molar-refractivity contribution in [1.82, 2.24) is 0 Å². The van der Waals surface area contributed by atoms with Crippen molar-refractivity contribution in [3.63, 3.8) is 0 Å². The maximum absolute atomic E-state index is 5.40. The Labute approximate surface area is 68.1 Å². The summed E-state index contributed by atoms with van der Waals surface area (Å²) < 4.78 is 3.39. The van der Waals surface area contributed by atoms with E-state index in [1.807, 2.05) is 13.8 Å². The van der Waals surface area contributed by atoms with E-state index in [1.165, 1.54) is 0 Å². The van der Waals surface area contributed by atoms with Gasteiger partial charge in [-0.1, -0.05) is 17.2 Å². The van der Waals surface area contributed by atoms with Crippen molar-refractivity contribution < 1.29 is 0 Å². The third-order valence-electron chi connectivity index (χ3n) is 0.786. The molecule has 0 saturated heterocycles. The average Bonchev–Trinajstić information content (AvgIpc) is 1.82. The summed E-state index contributed by atoms with van der Waals surface area (Å²) >= 11 is 1.74. The van der Waals surface area contributed by atoms with Gasteiger partial charge in [-0.3, -0.25) is 0 Å². The highest BCUT2D eigenvalue weighted by Gasteiger charge is 1.96. The number of hydrogen-bond donors (Lipinski definition) is 1. The molecule has 0 bridgehead atoms. The van der Waals surface area contributed by atoms with Gasteiger partial charge < -0.3 is 5.73 Å². The standard InChI is InChI=1S/C4H9IN4/c1-3(2)4(6)7-9-8-5/h3H,1-2H3,(H2,6,7,8). The maximum atomic E-state index is 5.40. The topological polar surface area (TPSA) is 63.1 Å². The molecule has 52 valence electrons. The van der Waals surface area contributed by atoms with Crippen molar-refractivity contribution in [2.24, 2.45) is 25.3 Å². The highest BCUT2D eigenvalue weighted by molar-refractivity contribution is 14.1. The van der Waals surface area contributed by atoms with Gasteiger partial charge in [0.15, 0.2) is 0 Å². The minimum atomic E-state index is 0.242. The summed E-state index contributed by atoms with van der Waals surface area (Å²) in [6.07, 6.45) is 0. The normalized spacial score (nSPS) is 13.6. The van der Waals surface area contributed by atoms with Crippen molar-refractivity contribution in [3.8, 4) is 0 Å². The van der Waals surface area contributed by atoms with E-state index in [9.17, 15) is 0 Å². The van der Waals surface area contributed by atoms with Crippen LogP contribution in [-0.4, -0.2) is 5.84 Å². The number of nitrogens with zero attached hydrogens (tertiary/aromatic N) is 3. The molecule has 5 heteroatoms. The van der Waals surface area contributed by atoms with Crippen molar-refractivity contribution in [2.45, 2.75) is 13.8 Å². The van der Waals surface area contributed by atoms with Crippen LogP contribution in [0.4, 0.5) is 0 Å². The van der Waals surface area contributed by atoms with E-state index in [0.717, 1.165) is 0 Å². The molecule has 0 aromatic carbocycles. The molecule has 0 aromatic heterocycles. The van der Waals surface area contributed by atoms with E-state index in [0.29, 0.717) is 5.84 Å². The molecule has 0 atom stereocenters.